The maximum atomic E-state index is 10.7. The number of rotatable bonds is 7. The summed E-state index contributed by atoms with van der Waals surface area (Å²) in [6.07, 6.45) is 0.794. The third-order valence-corrected chi connectivity index (χ3v) is 6.95. The first-order chi connectivity index (χ1) is 14.8. The molecule has 1 aromatic rings. The Balaban J connectivity index is 1.77. The van der Waals surface area contributed by atoms with E-state index in [-0.39, 0.29) is 0 Å². The summed E-state index contributed by atoms with van der Waals surface area (Å²) in [6, 6.07) is 7.96. The topological polar surface area (TPSA) is 99.4 Å². The third kappa shape index (κ3) is 5.16. The van der Waals surface area contributed by atoms with Crippen molar-refractivity contribution in [2.75, 3.05) is 13.2 Å². The minimum Gasteiger partial charge on any atom is -0.494 e. The summed E-state index contributed by atoms with van der Waals surface area (Å²) >= 11 is 6.62. The van der Waals surface area contributed by atoms with E-state index in [4.69, 9.17) is 21.1 Å². The fourth-order valence-corrected chi connectivity index (χ4v) is 4.77. The molecule has 31 heavy (non-hydrogen) atoms. The number of allylic oxidation sites excluding steroid dienone is 3. The van der Waals surface area contributed by atoms with Gasteiger partial charge in [-0.25, -0.2) is 0 Å². The van der Waals surface area contributed by atoms with E-state index in [1.165, 1.54) is 0 Å². The number of hydrogen-bond acceptors (Lipinski definition) is 6. The highest BCUT2D eigenvalue weighted by atomic mass is 35.5. The van der Waals surface area contributed by atoms with Crippen LogP contribution in [0.25, 0.3) is 0 Å². The van der Waals surface area contributed by atoms with E-state index in [0.29, 0.717) is 37.3 Å². The van der Waals surface area contributed by atoms with E-state index >= 15 is 0 Å². The molecule has 0 radical (unpaired) electrons. The Morgan fingerprint density at radius 2 is 1.81 bits per heavy atom. The van der Waals surface area contributed by atoms with E-state index < -0.39 is 42.5 Å². The second-order valence-electron chi connectivity index (χ2n) is 8.37. The van der Waals surface area contributed by atoms with Gasteiger partial charge in [0.05, 0.1) is 19.3 Å². The van der Waals surface area contributed by atoms with Crippen LogP contribution in [0.3, 0.4) is 0 Å². The number of aliphatic hydroxyl groups excluding tert-OH is 4. The van der Waals surface area contributed by atoms with Gasteiger partial charge in [0, 0.05) is 10.4 Å². The fourth-order valence-electron chi connectivity index (χ4n) is 4.54. The molecule has 0 saturated carbocycles. The summed E-state index contributed by atoms with van der Waals surface area (Å²) in [5.74, 6) is 0.833. The lowest BCUT2D eigenvalue weighted by Gasteiger charge is -2.48. The zero-order valence-corrected chi connectivity index (χ0v) is 18.8. The van der Waals surface area contributed by atoms with Gasteiger partial charge in [0.1, 0.15) is 30.2 Å². The monoisotopic (exact) mass is 452 g/mol. The molecule has 1 fully saturated rings. The van der Waals surface area contributed by atoms with Gasteiger partial charge < -0.3 is 29.9 Å². The van der Waals surface area contributed by atoms with Crippen LogP contribution in [-0.2, 0) is 11.2 Å². The van der Waals surface area contributed by atoms with Crippen LogP contribution in [0.5, 0.6) is 5.75 Å². The molecular weight excluding hydrogens is 420 g/mol. The molecule has 0 aromatic heterocycles. The zero-order valence-electron chi connectivity index (χ0n) is 18.1. The second-order valence-corrected chi connectivity index (χ2v) is 8.78. The molecule has 0 bridgehead atoms. The van der Waals surface area contributed by atoms with Crippen molar-refractivity contribution in [1.29, 1.82) is 0 Å². The maximum absolute atomic E-state index is 10.7. The highest BCUT2D eigenvalue weighted by Crippen LogP contribution is 2.45. The Kier molecular flexibility index (Phi) is 8.19. The van der Waals surface area contributed by atoms with Crippen LogP contribution in [0, 0.1) is 5.41 Å². The summed E-state index contributed by atoms with van der Waals surface area (Å²) in [4.78, 5) is 0. The van der Waals surface area contributed by atoms with Crippen LogP contribution < -0.4 is 4.74 Å². The Hall–Kier alpha value is -1.41. The summed E-state index contributed by atoms with van der Waals surface area (Å²) in [7, 11) is 0. The van der Waals surface area contributed by atoms with Gasteiger partial charge in [-0.1, -0.05) is 36.7 Å². The zero-order chi connectivity index (χ0) is 22.6. The minimum atomic E-state index is -1.39. The van der Waals surface area contributed by atoms with Gasteiger partial charge in [0.2, 0.25) is 0 Å². The van der Waals surface area contributed by atoms with Crippen LogP contribution in [-0.4, -0.2) is 64.2 Å². The third-order valence-electron chi connectivity index (χ3n) is 6.56. The fraction of sp³-hybridized carbons (Fsp3) is 0.583. The summed E-state index contributed by atoms with van der Waals surface area (Å²) in [6.45, 7) is 4.13. The quantitative estimate of drug-likeness (QED) is 0.507. The molecular formula is C24H33ClO6. The molecule has 2 aliphatic rings. The van der Waals surface area contributed by atoms with Crippen molar-refractivity contribution in [2.45, 2.75) is 70.1 Å². The van der Waals surface area contributed by atoms with Gasteiger partial charge in [-0.3, -0.25) is 0 Å². The first kappa shape index (κ1) is 24.2. The van der Waals surface area contributed by atoms with E-state index in [9.17, 15) is 20.4 Å². The first-order valence-corrected chi connectivity index (χ1v) is 11.3. The molecule has 4 N–H and O–H groups in total. The van der Waals surface area contributed by atoms with Gasteiger partial charge in [0.25, 0.3) is 0 Å². The molecule has 172 valence electrons. The molecule has 2 unspecified atom stereocenters. The van der Waals surface area contributed by atoms with Gasteiger partial charge in [0.15, 0.2) is 0 Å². The lowest BCUT2D eigenvalue weighted by molar-refractivity contribution is -0.251. The molecule has 0 amide bonds. The van der Waals surface area contributed by atoms with Crippen molar-refractivity contribution in [3.8, 4) is 5.75 Å². The van der Waals surface area contributed by atoms with Gasteiger partial charge in [-0.15, -0.1) is 0 Å². The summed E-state index contributed by atoms with van der Waals surface area (Å²) in [5, 5.41) is 41.3. The number of ether oxygens (including phenoxy) is 2. The molecule has 6 nitrogen and oxygen atoms in total. The lowest BCUT2D eigenvalue weighted by atomic mass is 9.71. The van der Waals surface area contributed by atoms with Crippen LogP contribution in [0.2, 0.25) is 0 Å². The smallest absolute Gasteiger partial charge is 0.119 e. The van der Waals surface area contributed by atoms with Crippen LogP contribution in [0.15, 0.2) is 47.0 Å². The number of aliphatic hydroxyl groups is 4. The van der Waals surface area contributed by atoms with Crippen molar-refractivity contribution in [2.24, 2.45) is 5.41 Å². The molecule has 0 spiro atoms. The van der Waals surface area contributed by atoms with Crippen molar-refractivity contribution in [3.63, 3.8) is 0 Å². The molecule has 1 saturated heterocycles. The van der Waals surface area contributed by atoms with Gasteiger partial charge >= 0.3 is 0 Å². The molecule has 1 heterocycles. The molecule has 7 heteroatoms. The summed E-state index contributed by atoms with van der Waals surface area (Å²) in [5.41, 5.74) is 1.62. The number of hydrogen-bond donors (Lipinski definition) is 4. The Morgan fingerprint density at radius 1 is 1.10 bits per heavy atom. The van der Waals surface area contributed by atoms with Crippen LogP contribution >= 0.6 is 11.6 Å². The number of halogens is 1. The van der Waals surface area contributed by atoms with E-state index in [2.05, 4.69) is 0 Å². The highest BCUT2D eigenvalue weighted by Gasteiger charge is 2.51. The van der Waals surface area contributed by atoms with Crippen LogP contribution in [0.1, 0.15) is 38.7 Å². The maximum Gasteiger partial charge on any atom is 0.119 e. The van der Waals surface area contributed by atoms with E-state index in [1.54, 1.807) is 0 Å². The normalized spacial score (nSPS) is 34.0. The van der Waals surface area contributed by atoms with Gasteiger partial charge in [-0.05, 0) is 62.0 Å². The molecule has 1 aliphatic carbocycles. The molecule has 3 rings (SSSR count). The molecule has 1 aromatic carbocycles. The van der Waals surface area contributed by atoms with Crippen molar-refractivity contribution in [3.05, 3.63) is 52.6 Å². The summed E-state index contributed by atoms with van der Waals surface area (Å²) < 4.78 is 11.4. The average molecular weight is 453 g/mol. The van der Waals surface area contributed by atoms with Crippen molar-refractivity contribution >= 4 is 11.6 Å². The largest absolute Gasteiger partial charge is 0.494 e. The number of benzene rings is 1. The van der Waals surface area contributed by atoms with E-state index in [1.807, 2.05) is 50.3 Å². The predicted octanol–water partition coefficient (Wildman–Crippen LogP) is 2.71. The predicted molar refractivity (Wildman–Crippen MR) is 119 cm³/mol. The average Bonchev–Trinajstić information content (AvgIpc) is 2.94. The van der Waals surface area contributed by atoms with E-state index in [0.717, 1.165) is 16.9 Å². The van der Waals surface area contributed by atoms with Crippen molar-refractivity contribution in [1.82, 2.24) is 0 Å². The SMILES string of the molecule is CCOc1ccc(CC2=C(Cl)C=CC(CC)(C3O[C@H](CO)[C@@H](O)[C@H](O)[C@H]3O)CC2)cc1. The van der Waals surface area contributed by atoms with Crippen LogP contribution in [0.4, 0.5) is 0 Å². The first-order valence-electron chi connectivity index (χ1n) is 10.9. The highest BCUT2D eigenvalue weighted by molar-refractivity contribution is 6.31. The Labute approximate surface area is 188 Å². The standard InChI is InChI=1S/C24H33ClO6/c1-3-24(23-22(29)21(28)20(27)19(14-26)31-23)11-9-16(18(25)10-12-24)13-15-5-7-17(8-6-15)30-4-2/h5-8,10,12,19-23,26-29H,3-4,9,11,13-14H2,1-2H3/t19-,20-,21+,22-,23?,24?/m1/s1. The molecule has 6 atom stereocenters. The second kappa shape index (κ2) is 10.5. The van der Waals surface area contributed by atoms with Crippen molar-refractivity contribution < 1.29 is 29.9 Å². The lowest BCUT2D eigenvalue weighted by Crippen LogP contribution is -2.62. The van der Waals surface area contributed by atoms with Gasteiger partial charge in [-0.2, -0.15) is 0 Å². The molecule has 1 aliphatic heterocycles. The Morgan fingerprint density at radius 3 is 2.42 bits per heavy atom. The minimum absolute atomic E-state index is 0.438. The Bertz CT molecular complexity index is 790.